The lowest BCUT2D eigenvalue weighted by molar-refractivity contribution is -0.158. The maximum absolute atomic E-state index is 11.9. The van der Waals surface area contributed by atoms with Gasteiger partial charge in [-0.2, -0.15) is 0 Å². The van der Waals surface area contributed by atoms with Crippen molar-refractivity contribution in [1.29, 1.82) is 0 Å². The van der Waals surface area contributed by atoms with Crippen LogP contribution in [0, 0.1) is 28.6 Å². The summed E-state index contributed by atoms with van der Waals surface area (Å²) < 4.78 is 5.85. The van der Waals surface area contributed by atoms with Crippen LogP contribution in [0.25, 0.3) is 0 Å². The minimum absolute atomic E-state index is 0.0519. The number of fused-ring (bicyclic) bond motifs is 5. The minimum Gasteiger partial charge on any atom is -0.462 e. The van der Waals surface area contributed by atoms with Crippen molar-refractivity contribution in [3.8, 4) is 0 Å². The van der Waals surface area contributed by atoms with Gasteiger partial charge in [0.15, 0.2) is 5.78 Å². The molecule has 0 heterocycles. The molecule has 0 bridgehead atoms. The van der Waals surface area contributed by atoms with E-state index in [1.54, 1.807) is 6.08 Å². The number of carbonyl (C=O) groups is 2. The molecule has 0 amide bonds. The third-order valence-corrected chi connectivity index (χ3v) is 8.03. The van der Waals surface area contributed by atoms with Gasteiger partial charge in [-0.1, -0.05) is 32.4 Å². The summed E-state index contributed by atoms with van der Waals surface area (Å²) in [6, 6.07) is 0. The second-order valence-corrected chi connectivity index (χ2v) is 9.06. The standard InChI is InChI=1S/C22H30O3/c1-4-20(24)25-19-8-7-17-16-6-5-14-13-15(23)9-11-21(14,2)18(16)10-12-22(17,19)3/h9,11,13,16-19H,4-8,10,12H2,1-3H3/t16-,17-,18-,19?,21-,22-/m0/s1. The fourth-order valence-electron chi connectivity index (χ4n) is 6.59. The zero-order valence-electron chi connectivity index (χ0n) is 15.7. The van der Waals surface area contributed by atoms with E-state index in [1.165, 1.54) is 24.8 Å². The number of ketones is 1. The van der Waals surface area contributed by atoms with Gasteiger partial charge in [0.2, 0.25) is 0 Å². The van der Waals surface area contributed by atoms with E-state index >= 15 is 0 Å². The molecule has 25 heavy (non-hydrogen) atoms. The van der Waals surface area contributed by atoms with Gasteiger partial charge >= 0.3 is 5.97 Å². The number of allylic oxidation sites excluding steroid dienone is 4. The number of esters is 1. The Balaban J connectivity index is 1.60. The molecule has 3 nitrogen and oxygen atoms in total. The fourth-order valence-corrected chi connectivity index (χ4v) is 6.59. The van der Waals surface area contributed by atoms with Crippen molar-refractivity contribution in [3.05, 3.63) is 23.8 Å². The number of hydrogen-bond donors (Lipinski definition) is 0. The van der Waals surface area contributed by atoms with E-state index in [0.717, 1.165) is 19.3 Å². The molecule has 6 atom stereocenters. The van der Waals surface area contributed by atoms with Gasteiger partial charge in [-0.25, -0.2) is 0 Å². The summed E-state index contributed by atoms with van der Waals surface area (Å²) in [7, 11) is 0. The number of rotatable bonds is 2. The average Bonchev–Trinajstić information content (AvgIpc) is 2.92. The van der Waals surface area contributed by atoms with Crippen LogP contribution in [0.3, 0.4) is 0 Å². The first-order valence-corrected chi connectivity index (χ1v) is 10.0. The molecular weight excluding hydrogens is 312 g/mol. The van der Waals surface area contributed by atoms with Gasteiger partial charge in [0.05, 0.1) is 0 Å². The zero-order valence-corrected chi connectivity index (χ0v) is 15.7. The Labute approximate surface area is 150 Å². The van der Waals surface area contributed by atoms with Crippen LogP contribution in [0.5, 0.6) is 0 Å². The largest absolute Gasteiger partial charge is 0.462 e. The van der Waals surface area contributed by atoms with Crippen molar-refractivity contribution in [2.24, 2.45) is 28.6 Å². The van der Waals surface area contributed by atoms with Gasteiger partial charge < -0.3 is 4.74 Å². The lowest BCUT2D eigenvalue weighted by Gasteiger charge is -2.56. The fraction of sp³-hybridized carbons (Fsp3) is 0.727. The first kappa shape index (κ1) is 17.1. The highest BCUT2D eigenvalue weighted by Crippen LogP contribution is 2.64. The smallest absolute Gasteiger partial charge is 0.305 e. The molecule has 3 heteroatoms. The number of carbonyl (C=O) groups excluding carboxylic acids is 2. The summed E-state index contributed by atoms with van der Waals surface area (Å²) >= 11 is 0. The van der Waals surface area contributed by atoms with Crippen molar-refractivity contribution in [2.75, 3.05) is 0 Å². The van der Waals surface area contributed by atoms with Crippen LogP contribution in [0.1, 0.15) is 65.7 Å². The Morgan fingerprint density at radius 1 is 1.20 bits per heavy atom. The minimum atomic E-state index is -0.0523. The third-order valence-electron chi connectivity index (χ3n) is 8.03. The predicted molar refractivity (Wildman–Crippen MR) is 96.8 cm³/mol. The highest BCUT2D eigenvalue weighted by atomic mass is 16.5. The van der Waals surface area contributed by atoms with E-state index in [-0.39, 0.29) is 28.7 Å². The van der Waals surface area contributed by atoms with Crippen molar-refractivity contribution in [3.63, 3.8) is 0 Å². The Hall–Kier alpha value is -1.38. The van der Waals surface area contributed by atoms with Crippen LogP contribution < -0.4 is 0 Å². The van der Waals surface area contributed by atoms with Crippen molar-refractivity contribution >= 4 is 11.8 Å². The maximum Gasteiger partial charge on any atom is 0.305 e. The third kappa shape index (κ3) is 2.45. The molecule has 0 spiro atoms. The molecular formula is C22H30O3. The molecule has 0 radical (unpaired) electrons. The normalized spacial score (nSPS) is 45.2. The molecule has 0 saturated heterocycles. The Bertz CT molecular complexity index is 660. The van der Waals surface area contributed by atoms with Gasteiger partial charge in [-0.05, 0) is 68.4 Å². The molecule has 4 rings (SSSR count). The van der Waals surface area contributed by atoms with E-state index in [9.17, 15) is 9.59 Å². The van der Waals surface area contributed by atoms with Gasteiger partial charge in [-0.15, -0.1) is 0 Å². The molecule has 0 aliphatic heterocycles. The molecule has 0 aromatic heterocycles. The summed E-state index contributed by atoms with van der Waals surface area (Å²) in [5.74, 6) is 2.05. The average molecular weight is 342 g/mol. The van der Waals surface area contributed by atoms with Crippen molar-refractivity contribution < 1.29 is 14.3 Å². The molecule has 136 valence electrons. The van der Waals surface area contributed by atoms with Crippen molar-refractivity contribution in [2.45, 2.75) is 71.8 Å². The molecule has 0 aromatic rings. The maximum atomic E-state index is 11.9. The van der Waals surface area contributed by atoms with Crippen LogP contribution in [0.2, 0.25) is 0 Å². The molecule has 3 saturated carbocycles. The molecule has 4 aliphatic rings. The predicted octanol–water partition coefficient (Wildman–Crippen LogP) is 4.62. The summed E-state index contributed by atoms with van der Waals surface area (Å²) in [5, 5.41) is 0. The molecule has 0 N–H and O–H groups in total. The van der Waals surface area contributed by atoms with E-state index in [1.807, 2.05) is 13.0 Å². The summed E-state index contributed by atoms with van der Waals surface area (Å²) in [6.45, 7) is 6.58. The summed E-state index contributed by atoms with van der Waals surface area (Å²) in [5.41, 5.74) is 1.53. The molecule has 0 aromatic carbocycles. The van der Waals surface area contributed by atoms with Crippen LogP contribution in [-0.4, -0.2) is 17.9 Å². The van der Waals surface area contributed by atoms with Gasteiger partial charge in [0.25, 0.3) is 0 Å². The molecule has 3 fully saturated rings. The Morgan fingerprint density at radius 2 is 2.00 bits per heavy atom. The van der Waals surface area contributed by atoms with Crippen LogP contribution in [0.15, 0.2) is 23.8 Å². The first-order chi connectivity index (χ1) is 11.9. The number of hydrogen-bond acceptors (Lipinski definition) is 3. The second kappa shape index (κ2) is 5.82. The highest BCUT2D eigenvalue weighted by molar-refractivity contribution is 6.01. The quantitative estimate of drug-likeness (QED) is 0.688. The van der Waals surface area contributed by atoms with Gasteiger partial charge in [0.1, 0.15) is 6.10 Å². The number of ether oxygens (including phenoxy) is 1. The van der Waals surface area contributed by atoms with E-state index in [0.29, 0.717) is 24.2 Å². The van der Waals surface area contributed by atoms with E-state index in [2.05, 4.69) is 19.9 Å². The van der Waals surface area contributed by atoms with Gasteiger partial charge in [-0.3, -0.25) is 9.59 Å². The van der Waals surface area contributed by atoms with E-state index < -0.39 is 0 Å². The van der Waals surface area contributed by atoms with Crippen molar-refractivity contribution in [1.82, 2.24) is 0 Å². The highest BCUT2D eigenvalue weighted by Gasteiger charge is 2.59. The van der Waals surface area contributed by atoms with Crippen LogP contribution >= 0.6 is 0 Å². The monoisotopic (exact) mass is 342 g/mol. The first-order valence-electron chi connectivity index (χ1n) is 10.0. The molecule has 1 unspecified atom stereocenters. The van der Waals surface area contributed by atoms with Crippen LogP contribution in [0.4, 0.5) is 0 Å². The van der Waals surface area contributed by atoms with Crippen LogP contribution in [-0.2, 0) is 14.3 Å². The lowest BCUT2D eigenvalue weighted by Crippen LogP contribution is -2.51. The Morgan fingerprint density at radius 3 is 2.76 bits per heavy atom. The van der Waals surface area contributed by atoms with Gasteiger partial charge in [0, 0.05) is 17.3 Å². The summed E-state index contributed by atoms with van der Waals surface area (Å²) in [6.07, 6.45) is 13.1. The molecule has 4 aliphatic carbocycles. The Kier molecular flexibility index (Phi) is 3.97. The summed E-state index contributed by atoms with van der Waals surface area (Å²) in [4.78, 5) is 23.7. The SMILES string of the molecule is CCC(=O)OC1CC[C@H]2[C@@H]3CCC4=CC(=O)C=C[C@]4(C)[C@H]3CC[C@]12C. The lowest BCUT2D eigenvalue weighted by atomic mass is 9.48. The topological polar surface area (TPSA) is 43.4 Å². The van der Waals surface area contributed by atoms with E-state index in [4.69, 9.17) is 4.74 Å². The zero-order chi connectivity index (χ0) is 17.8. The second-order valence-electron chi connectivity index (χ2n) is 9.06.